The first-order valence-electron chi connectivity index (χ1n) is 4.71. The van der Waals surface area contributed by atoms with Gasteiger partial charge in [0.25, 0.3) is 0 Å². The molecule has 0 bridgehead atoms. The molecule has 76 valence electrons. The highest BCUT2D eigenvalue weighted by Gasteiger charge is 2.15. The van der Waals surface area contributed by atoms with Gasteiger partial charge in [-0.1, -0.05) is 24.3 Å². The number of Topliss-reactive ketones (excluding diaryl/α,β-unsaturated/α-hetero) is 1. The highest BCUT2D eigenvalue weighted by atomic mass is 16.3. The third-order valence-electron chi connectivity index (χ3n) is 2.09. The lowest BCUT2D eigenvalue weighted by Gasteiger charge is -2.18. The van der Waals surface area contributed by atoms with Crippen molar-refractivity contribution in [2.45, 2.75) is 32.8 Å². The van der Waals surface area contributed by atoms with Gasteiger partial charge in [0.1, 0.15) is 5.78 Å². The molecule has 0 aromatic heterocycles. The molecule has 0 heterocycles. The van der Waals surface area contributed by atoms with Gasteiger partial charge in [-0.15, -0.1) is 0 Å². The maximum atomic E-state index is 10.9. The van der Waals surface area contributed by atoms with Gasteiger partial charge in [-0.2, -0.15) is 0 Å². The second-order valence-corrected chi connectivity index (χ2v) is 4.14. The first-order chi connectivity index (χ1) is 6.39. The van der Waals surface area contributed by atoms with Crippen LogP contribution in [0.25, 0.3) is 0 Å². The van der Waals surface area contributed by atoms with E-state index in [2.05, 4.69) is 0 Å². The lowest BCUT2D eigenvalue weighted by Crippen LogP contribution is -2.15. The quantitative estimate of drug-likeness (QED) is 0.795. The summed E-state index contributed by atoms with van der Waals surface area (Å²) in [5, 5.41) is 9.76. The Balaban J connectivity index is 2.95. The Labute approximate surface area is 84.6 Å². The average molecular weight is 192 g/mol. The van der Waals surface area contributed by atoms with Crippen LogP contribution in [0.15, 0.2) is 24.3 Å². The van der Waals surface area contributed by atoms with Crippen molar-refractivity contribution < 1.29 is 9.90 Å². The number of hydrogen-bond donors (Lipinski definition) is 1. The van der Waals surface area contributed by atoms with E-state index < -0.39 is 5.60 Å². The number of benzene rings is 1. The van der Waals surface area contributed by atoms with Crippen LogP contribution < -0.4 is 0 Å². The Morgan fingerprint density at radius 2 is 2.07 bits per heavy atom. The van der Waals surface area contributed by atoms with E-state index in [1.807, 2.05) is 24.3 Å². The zero-order chi connectivity index (χ0) is 10.8. The van der Waals surface area contributed by atoms with Crippen molar-refractivity contribution in [3.8, 4) is 0 Å². The Hall–Kier alpha value is -1.15. The van der Waals surface area contributed by atoms with E-state index in [0.29, 0.717) is 6.42 Å². The van der Waals surface area contributed by atoms with E-state index in [4.69, 9.17) is 0 Å². The van der Waals surface area contributed by atoms with E-state index in [1.54, 1.807) is 20.8 Å². The predicted octanol–water partition coefficient (Wildman–Crippen LogP) is 2.05. The third-order valence-corrected chi connectivity index (χ3v) is 2.09. The maximum absolute atomic E-state index is 10.9. The van der Waals surface area contributed by atoms with Gasteiger partial charge in [0.05, 0.1) is 5.60 Å². The highest BCUT2D eigenvalue weighted by Crippen LogP contribution is 2.20. The van der Waals surface area contributed by atoms with Gasteiger partial charge in [0, 0.05) is 6.42 Å². The number of carbonyl (C=O) groups is 1. The van der Waals surface area contributed by atoms with Gasteiger partial charge >= 0.3 is 0 Å². The Kier molecular flexibility index (Phi) is 3.06. The fourth-order valence-corrected chi connectivity index (χ4v) is 1.35. The predicted molar refractivity (Wildman–Crippen MR) is 56.1 cm³/mol. The molecule has 0 amide bonds. The molecule has 2 heteroatoms. The van der Waals surface area contributed by atoms with Crippen LogP contribution in [-0.2, 0) is 16.8 Å². The summed E-state index contributed by atoms with van der Waals surface area (Å²) < 4.78 is 0. The van der Waals surface area contributed by atoms with Crippen molar-refractivity contribution in [1.29, 1.82) is 0 Å². The smallest absolute Gasteiger partial charge is 0.134 e. The summed E-state index contributed by atoms with van der Waals surface area (Å²) in [6.45, 7) is 5.04. The fourth-order valence-electron chi connectivity index (χ4n) is 1.35. The monoisotopic (exact) mass is 192 g/mol. The number of rotatable bonds is 3. The van der Waals surface area contributed by atoms with Crippen LogP contribution in [0.4, 0.5) is 0 Å². The summed E-state index contributed by atoms with van der Waals surface area (Å²) in [4.78, 5) is 10.9. The van der Waals surface area contributed by atoms with Crippen molar-refractivity contribution in [1.82, 2.24) is 0 Å². The fraction of sp³-hybridized carbons (Fsp3) is 0.417. The molecule has 0 saturated carbocycles. The van der Waals surface area contributed by atoms with Crippen LogP contribution >= 0.6 is 0 Å². The Morgan fingerprint density at radius 3 is 2.57 bits per heavy atom. The van der Waals surface area contributed by atoms with Crippen LogP contribution in [0.5, 0.6) is 0 Å². The number of hydrogen-bond acceptors (Lipinski definition) is 2. The normalized spacial score (nSPS) is 11.4. The van der Waals surface area contributed by atoms with Gasteiger partial charge in [-0.3, -0.25) is 4.79 Å². The zero-order valence-corrected chi connectivity index (χ0v) is 8.87. The molecule has 1 aromatic carbocycles. The van der Waals surface area contributed by atoms with E-state index in [0.717, 1.165) is 11.1 Å². The Bertz CT molecular complexity index is 334. The molecule has 0 aliphatic rings. The van der Waals surface area contributed by atoms with E-state index in [-0.39, 0.29) is 5.78 Å². The van der Waals surface area contributed by atoms with Crippen LogP contribution in [-0.4, -0.2) is 10.9 Å². The van der Waals surface area contributed by atoms with Crippen molar-refractivity contribution in [2.24, 2.45) is 0 Å². The van der Waals surface area contributed by atoms with E-state index >= 15 is 0 Å². The molecular weight excluding hydrogens is 176 g/mol. The SMILES string of the molecule is CC(=O)Cc1cccc(C(C)(C)O)c1. The van der Waals surface area contributed by atoms with Crippen LogP contribution in [0.1, 0.15) is 31.9 Å². The van der Waals surface area contributed by atoms with E-state index in [9.17, 15) is 9.90 Å². The molecule has 0 unspecified atom stereocenters. The van der Waals surface area contributed by atoms with Crippen LogP contribution in [0.3, 0.4) is 0 Å². The largest absolute Gasteiger partial charge is 0.386 e. The molecule has 2 nitrogen and oxygen atoms in total. The molecule has 0 aliphatic carbocycles. The second kappa shape index (κ2) is 3.93. The average Bonchev–Trinajstić information content (AvgIpc) is 2.01. The summed E-state index contributed by atoms with van der Waals surface area (Å²) in [5.74, 6) is 0.137. The molecule has 1 aromatic rings. The van der Waals surface area contributed by atoms with E-state index in [1.165, 1.54) is 0 Å². The number of ketones is 1. The highest BCUT2D eigenvalue weighted by molar-refractivity contribution is 5.78. The van der Waals surface area contributed by atoms with Gasteiger partial charge in [-0.05, 0) is 31.9 Å². The van der Waals surface area contributed by atoms with Gasteiger partial charge < -0.3 is 5.11 Å². The number of aliphatic hydroxyl groups is 1. The van der Waals surface area contributed by atoms with Crippen molar-refractivity contribution in [3.05, 3.63) is 35.4 Å². The maximum Gasteiger partial charge on any atom is 0.134 e. The molecule has 0 aliphatic heterocycles. The molecule has 0 radical (unpaired) electrons. The minimum atomic E-state index is -0.840. The van der Waals surface area contributed by atoms with Gasteiger partial charge in [0.2, 0.25) is 0 Å². The summed E-state index contributed by atoms with van der Waals surface area (Å²) in [7, 11) is 0. The minimum Gasteiger partial charge on any atom is -0.386 e. The van der Waals surface area contributed by atoms with Gasteiger partial charge in [-0.25, -0.2) is 0 Å². The summed E-state index contributed by atoms with van der Waals surface area (Å²) in [5.41, 5.74) is 0.959. The summed E-state index contributed by atoms with van der Waals surface area (Å²) in [6.07, 6.45) is 0.434. The van der Waals surface area contributed by atoms with Crippen LogP contribution in [0, 0.1) is 0 Å². The van der Waals surface area contributed by atoms with Gasteiger partial charge in [0.15, 0.2) is 0 Å². The van der Waals surface area contributed by atoms with Crippen molar-refractivity contribution in [3.63, 3.8) is 0 Å². The molecule has 0 spiro atoms. The van der Waals surface area contributed by atoms with Crippen LogP contribution in [0.2, 0.25) is 0 Å². The lowest BCUT2D eigenvalue weighted by molar-refractivity contribution is -0.116. The molecule has 14 heavy (non-hydrogen) atoms. The first kappa shape index (κ1) is 10.9. The summed E-state index contributed by atoms with van der Waals surface area (Å²) in [6, 6.07) is 7.51. The Morgan fingerprint density at radius 1 is 1.43 bits per heavy atom. The zero-order valence-electron chi connectivity index (χ0n) is 8.87. The molecular formula is C12H16O2. The first-order valence-corrected chi connectivity index (χ1v) is 4.71. The topological polar surface area (TPSA) is 37.3 Å². The minimum absolute atomic E-state index is 0.137. The molecule has 1 N–H and O–H groups in total. The second-order valence-electron chi connectivity index (χ2n) is 4.14. The van der Waals surface area contributed by atoms with Crippen molar-refractivity contribution in [2.75, 3.05) is 0 Å². The van der Waals surface area contributed by atoms with Crippen molar-refractivity contribution >= 4 is 5.78 Å². The third kappa shape index (κ3) is 2.96. The number of carbonyl (C=O) groups excluding carboxylic acids is 1. The standard InChI is InChI=1S/C12H16O2/c1-9(13)7-10-5-4-6-11(8-10)12(2,3)14/h4-6,8,14H,7H2,1-3H3. The molecule has 0 fully saturated rings. The lowest BCUT2D eigenvalue weighted by atomic mass is 9.95. The summed E-state index contributed by atoms with van der Waals surface area (Å²) >= 11 is 0. The molecule has 1 rings (SSSR count). The molecule has 0 saturated heterocycles. The molecule has 0 atom stereocenters.